The van der Waals surface area contributed by atoms with Gasteiger partial charge in [-0.1, -0.05) is 35.9 Å². The first-order valence-electron chi connectivity index (χ1n) is 8.79. The number of aryl methyl sites for hydroxylation is 2. The number of hydrogen-bond donors (Lipinski definition) is 0. The van der Waals surface area contributed by atoms with Crippen LogP contribution in [0.3, 0.4) is 0 Å². The Morgan fingerprint density at radius 2 is 1.76 bits per heavy atom. The summed E-state index contributed by atoms with van der Waals surface area (Å²) >= 11 is 0. The quantitative estimate of drug-likeness (QED) is 0.528. The molecule has 0 unspecified atom stereocenters. The van der Waals surface area contributed by atoms with Crippen molar-refractivity contribution in [3.05, 3.63) is 81.8 Å². The monoisotopic (exact) mass is 399 g/mol. The zero-order chi connectivity index (χ0) is 20.8. The highest BCUT2D eigenvalue weighted by Gasteiger charge is 2.32. The van der Waals surface area contributed by atoms with Crippen LogP contribution in [0.4, 0.5) is 13.2 Å². The molecule has 0 amide bonds. The van der Waals surface area contributed by atoms with Crippen molar-refractivity contribution in [2.45, 2.75) is 26.6 Å². The molecule has 0 saturated carbocycles. The van der Waals surface area contributed by atoms with E-state index in [2.05, 4.69) is 15.1 Å². The Balaban J connectivity index is 1.71. The predicted molar refractivity (Wildman–Crippen MR) is 100 cm³/mol. The SMILES string of the molecule is Cc1ccc(-c2cc3nn(Cc4ccc(C(F)(F)F)nc4)c(=O)n3c(C)n2)cc1. The van der Waals surface area contributed by atoms with Crippen molar-refractivity contribution in [3.63, 3.8) is 0 Å². The van der Waals surface area contributed by atoms with Gasteiger partial charge < -0.3 is 0 Å². The fourth-order valence-corrected chi connectivity index (χ4v) is 3.03. The van der Waals surface area contributed by atoms with Gasteiger partial charge in [0.1, 0.15) is 11.5 Å². The summed E-state index contributed by atoms with van der Waals surface area (Å²) < 4.78 is 40.5. The van der Waals surface area contributed by atoms with Crippen LogP contribution in [0.25, 0.3) is 16.9 Å². The van der Waals surface area contributed by atoms with Crippen LogP contribution < -0.4 is 5.69 Å². The molecule has 4 aromatic rings. The molecule has 148 valence electrons. The standard InChI is InChI=1S/C20H16F3N5O/c1-12-3-6-15(7-4-12)16-9-18-26-27(19(29)28(18)13(2)25-16)11-14-5-8-17(24-10-14)20(21,22)23/h3-10H,11H2,1-2H3. The second kappa shape index (κ2) is 6.84. The van der Waals surface area contributed by atoms with Crippen molar-refractivity contribution in [2.24, 2.45) is 0 Å². The largest absolute Gasteiger partial charge is 0.433 e. The predicted octanol–water partition coefficient (Wildman–Crippen LogP) is 3.64. The highest BCUT2D eigenvalue weighted by molar-refractivity contribution is 5.63. The van der Waals surface area contributed by atoms with E-state index in [0.717, 1.165) is 23.4 Å². The summed E-state index contributed by atoms with van der Waals surface area (Å²) in [6.45, 7) is 3.70. The molecule has 29 heavy (non-hydrogen) atoms. The molecular formula is C20H16F3N5O. The van der Waals surface area contributed by atoms with Crippen LogP contribution in [-0.2, 0) is 12.7 Å². The van der Waals surface area contributed by atoms with Gasteiger partial charge in [-0.15, -0.1) is 5.10 Å². The maximum Gasteiger partial charge on any atom is 0.433 e. The number of pyridine rings is 1. The summed E-state index contributed by atoms with van der Waals surface area (Å²) in [4.78, 5) is 20.6. The van der Waals surface area contributed by atoms with Gasteiger partial charge >= 0.3 is 11.9 Å². The third-order valence-corrected chi connectivity index (χ3v) is 4.53. The van der Waals surface area contributed by atoms with Gasteiger partial charge in [0.2, 0.25) is 0 Å². The Bertz CT molecular complexity index is 1240. The van der Waals surface area contributed by atoms with Gasteiger partial charge in [0.15, 0.2) is 5.65 Å². The first-order chi connectivity index (χ1) is 13.7. The van der Waals surface area contributed by atoms with E-state index in [9.17, 15) is 18.0 Å². The molecule has 0 fully saturated rings. The molecule has 0 saturated heterocycles. The van der Waals surface area contributed by atoms with Crippen LogP contribution >= 0.6 is 0 Å². The normalized spacial score (nSPS) is 11.9. The minimum atomic E-state index is -4.51. The first-order valence-corrected chi connectivity index (χ1v) is 8.79. The number of fused-ring (bicyclic) bond motifs is 1. The molecular weight excluding hydrogens is 383 g/mol. The Kier molecular flexibility index (Phi) is 4.45. The van der Waals surface area contributed by atoms with E-state index in [-0.39, 0.29) is 6.54 Å². The molecule has 0 atom stereocenters. The maximum atomic E-state index is 12.7. The summed E-state index contributed by atoms with van der Waals surface area (Å²) in [5.41, 5.74) is 2.16. The highest BCUT2D eigenvalue weighted by Crippen LogP contribution is 2.27. The summed E-state index contributed by atoms with van der Waals surface area (Å²) in [7, 11) is 0. The van der Waals surface area contributed by atoms with E-state index in [0.29, 0.717) is 22.7 Å². The molecule has 0 radical (unpaired) electrons. The van der Waals surface area contributed by atoms with Gasteiger partial charge in [-0.2, -0.15) is 13.2 Å². The molecule has 0 aliphatic rings. The molecule has 0 aliphatic heterocycles. The number of alkyl halides is 3. The Morgan fingerprint density at radius 1 is 1.03 bits per heavy atom. The van der Waals surface area contributed by atoms with Crippen LogP contribution in [-0.4, -0.2) is 24.1 Å². The van der Waals surface area contributed by atoms with Crippen LogP contribution in [0.15, 0.2) is 53.5 Å². The third kappa shape index (κ3) is 3.63. The lowest BCUT2D eigenvalue weighted by atomic mass is 10.1. The molecule has 0 N–H and O–H groups in total. The molecule has 6 nitrogen and oxygen atoms in total. The summed E-state index contributed by atoms with van der Waals surface area (Å²) in [5, 5.41) is 4.32. The van der Waals surface area contributed by atoms with Gasteiger partial charge in [-0.25, -0.2) is 18.9 Å². The number of halogens is 3. The van der Waals surface area contributed by atoms with Crippen molar-refractivity contribution in [3.8, 4) is 11.3 Å². The molecule has 0 spiro atoms. The molecule has 4 rings (SSSR count). The fourth-order valence-electron chi connectivity index (χ4n) is 3.03. The lowest BCUT2D eigenvalue weighted by Gasteiger charge is -2.06. The van der Waals surface area contributed by atoms with Crippen molar-refractivity contribution < 1.29 is 13.2 Å². The smallest absolute Gasteiger partial charge is 0.251 e. The van der Waals surface area contributed by atoms with Crippen LogP contribution in [0.5, 0.6) is 0 Å². The molecule has 0 aliphatic carbocycles. The van der Waals surface area contributed by atoms with E-state index in [1.165, 1.54) is 15.1 Å². The average molecular weight is 399 g/mol. The van der Waals surface area contributed by atoms with Crippen LogP contribution in [0.2, 0.25) is 0 Å². The summed E-state index contributed by atoms with van der Waals surface area (Å²) in [5.74, 6) is 0.472. The maximum absolute atomic E-state index is 12.7. The van der Waals surface area contributed by atoms with Crippen LogP contribution in [0.1, 0.15) is 22.6 Å². The number of benzene rings is 1. The van der Waals surface area contributed by atoms with Crippen molar-refractivity contribution in [2.75, 3.05) is 0 Å². The van der Waals surface area contributed by atoms with Crippen LogP contribution in [0, 0.1) is 13.8 Å². The Hall–Kier alpha value is -3.49. The molecule has 9 heteroatoms. The minimum Gasteiger partial charge on any atom is -0.251 e. The second-order valence-electron chi connectivity index (χ2n) is 6.74. The third-order valence-electron chi connectivity index (χ3n) is 4.53. The van der Waals surface area contributed by atoms with E-state index in [1.807, 2.05) is 31.2 Å². The minimum absolute atomic E-state index is 0.00492. The number of hydrogen-bond acceptors (Lipinski definition) is 4. The van der Waals surface area contributed by atoms with E-state index in [1.54, 1.807) is 13.0 Å². The average Bonchev–Trinajstić information content (AvgIpc) is 2.98. The Labute approximate surface area is 163 Å². The lowest BCUT2D eigenvalue weighted by molar-refractivity contribution is -0.141. The van der Waals surface area contributed by atoms with Gasteiger partial charge in [0.25, 0.3) is 0 Å². The Morgan fingerprint density at radius 3 is 2.38 bits per heavy atom. The van der Waals surface area contributed by atoms with Crippen molar-refractivity contribution in [1.29, 1.82) is 0 Å². The van der Waals surface area contributed by atoms with Crippen molar-refractivity contribution in [1.82, 2.24) is 24.1 Å². The fraction of sp³-hybridized carbons (Fsp3) is 0.200. The number of nitrogens with zero attached hydrogens (tertiary/aromatic N) is 5. The first kappa shape index (κ1) is 18.9. The number of rotatable bonds is 3. The van der Waals surface area contributed by atoms with E-state index >= 15 is 0 Å². The van der Waals surface area contributed by atoms with Gasteiger partial charge in [0, 0.05) is 17.8 Å². The number of aromatic nitrogens is 5. The van der Waals surface area contributed by atoms with Gasteiger partial charge in [-0.05, 0) is 25.5 Å². The summed E-state index contributed by atoms with van der Waals surface area (Å²) in [6.07, 6.45) is -3.41. The van der Waals surface area contributed by atoms with Gasteiger partial charge in [-0.3, -0.25) is 4.98 Å². The highest BCUT2D eigenvalue weighted by atomic mass is 19.4. The van der Waals surface area contributed by atoms with Gasteiger partial charge in [0.05, 0.1) is 12.2 Å². The van der Waals surface area contributed by atoms with Crippen molar-refractivity contribution >= 4 is 5.65 Å². The molecule has 1 aromatic carbocycles. The molecule has 3 aromatic heterocycles. The second-order valence-corrected chi connectivity index (χ2v) is 6.74. The van der Waals surface area contributed by atoms with E-state index < -0.39 is 17.6 Å². The zero-order valence-electron chi connectivity index (χ0n) is 15.6. The molecule has 3 heterocycles. The zero-order valence-corrected chi connectivity index (χ0v) is 15.6. The summed E-state index contributed by atoms with van der Waals surface area (Å²) in [6, 6.07) is 11.7. The molecule has 0 bridgehead atoms. The lowest BCUT2D eigenvalue weighted by Crippen LogP contribution is -2.23. The van der Waals surface area contributed by atoms with E-state index in [4.69, 9.17) is 0 Å². The topological polar surface area (TPSA) is 65.1 Å².